The zero-order chi connectivity index (χ0) is 19.4. The molecule has 146 valence electrons. The molecule has 2 heterocycles. The smallest absolute Gasteiger partial charge is 0.378 e. The summed E-state index contributed by atoms with van der Waals surface area (Å²) in [6, 6.07) is 8.64. The molecular formula is C17H19F3N4O2S. The third-order valence-corrected chi connectivity index (χ3v) is 5.12. The van der Waals surface area contributed by atoms with E-state index in [9.17, 15) is 18.0 Å². The highest BCUT2D eigenvalue weighted by molar-refractivity contribution is 8.00. The van der Waals surface area contributed by atoms with Crippen LogP contribution in [0.4, 0.5) is 19.1 Å². The van der Waals surface area contributed by atoms with E-state index in [1.165, 1.54) is 0 Å². The first-order valence-electron chi connectivity index (χ1n) is 8.44. The van der Waals surface area contributed by atoms with E-state index >= 15 is 0 Å². The number of ether oxygens (including phenoxy) is 1. The number of carbonyl (C=O) groups excluding carboxylic acids is 1. The van der Waals surface area contributed by atoms with Gasteiger partial charge in [-0.25, -0.2) is 0 Å². The average Bonchev–Trinajstić information content (AvgIpc) is 3.03. The summed E-state index contributed by atoms with van der Waals surface area (Å²) in [6.07, 6.45) is -4.43. The fourth-order valence-corrected chi connectivity index (χ4v) is 3.65. The summed E-state index contributed by atoms with van der Waals surface area (Å²) < 4.78 is 45.6. The molecule has 2 aromatic rings. The standard InChI is InChI=1S/C17H19F3N4O2S/c1-12(14(25)13-5-3-2-4-6-13)27-16-22-21-15(23-7-9-26-10-8-23)24(16)11-17(18,19)20/h2-6,12H,7-11H2,1H3. The van der Waals surface area contributed by atoms with Gasteiger partial charge in [0, 0.05) is 18.7 Å². The molecule has 1 unspecified atom stereocenters. The molecule has 0 saturated carbocycles. The molecule has 0 amide bonds. The molecule has 0 bridgehead atoms. The number of hydrogen-bond donors (Lipinski definition) is 0. The van der Waals surface area contributed by atoms with Crippen LogP contribution in [0.5, 0.6) is 0 Å². The number of thioether (sulfide) groups is 1. The van der Waals surface area contributed by atoms with Crippen molar-refractivity contribution in [2.75, 3.05) is 31.2 Å². The second kappa shape index (κ2) is 8.30. The predicted molar refractivity (Wildman–Crippen MR) is 95.2 cm³/mol. The van der Waals surface area contributed by atoms with Crippen LogP contribution in [0.15, 0.2) is 35.5 Å². The van der Waals surface area contributed by atoms with Crippen LogP contribution in [0, 0.1) is 0 Å². The van der Waals surface area contributed by atoms with Gasteiger partial charge in [0.25, 0.3) is 0 Å². The lowest BCUT2D eigenvalue weighted by atomic mass is 10.1. The van der Waals surface area contributed by atoms with Gasteiger partial charge in [-0.15, -0.1) is 10.2 Å². The maximum absolute atomic E-state index is 13.1. The monoisotopic (exact) mass is 400 g/mol. The first-order chi connectivity index (χ1) is 12.8. The molecule has 27 heavy (non-hydrogen) atoms. The molecular weight excluding hydrogens is 381 g/mol. The van der Waals surface area contributed by atoms with E-state index in [4.69, 9.17) is 4.74 Å². The molecule has 3 rings (SSSR count). The predicted octanol–water partition coefficient (Wildman–Crippen LogP) is 3.04. The molecule has 6 nitrogen and oxygen atoms in total. The van der Waals surface area contributed by atoms with E-state index in [0.717, 1.165) is 16.3 Å². The molecule has 0 spiro atoms. The molecule has 0 radical (unpaired) electrons. The Bertz CT molecular complexity index is 776. The lowest BCUT2D eigenvalue weighted by molar-refractivity contribution is -0.141. The number of benzene rings is 1. The number of anilines is 1. The summed E-state index contributed by atoms with van der Waals surface area (Å²) in [5.74, 6) is -0.0208. The Kier molecular flexibility index (Phi) is 6.05. The van der Waals surface area contributed by atoms with Gasteiger partial charge in [-0.05, 0) is 6.92 Å². The van der Waals surface area contributed by atoms with Gasteiger partial charge in [0.2, 0.25) is 5.95 Å². The minimum atomic E-state index is -4.43. The van der Waals surface area contributed by atoms with Gasteiger partial charge in [0.05, 0.1) is 18.5 Å². The van der Waals surface area contributed by atoms with Crippen molar-refractivity contribution in [3.8, 4) is 0 Å². The Balaban J connectivity index is 1.83. The number of Topliss-reactive ketones (excluding diaryl/α,β-unsaturated/α-hetero) is 1. The van der Waals surface area contributed by atoms with Crippen LogP contribution in [0.3, 0.4) is 0 Å². The van der Waals surface area contributed by atoms with Crippen LogP contribution in [0.2, 0.25) is 0 Å². The number of carbonyl (C=O) groups is 1. The highest BCUT2D eigenvalue weighted by Crippen LogP contribution is 2.30. The molecule has 0 N–H and O–H groups in total. The number of aromatic nitrogens is 3. The van der Waals surface area contributed by atoms with E-state index in [0.29, 0.717) is 31.9 Å². The molecule has 1 atom stereocenters. The van der Waals surface area contributed by atoms with Crippen LogP contribution in [-0.4, -0.2) is 58.3 Å². The number of nitrogens with zero attached hydrogens (tertiary/aromatic N) is 4. The Labute approximate surface area is 158 Å². The minimum absolute atomic E-state index is 0.0746. The van der Waals surface area contributed by atoms with Crippen molar-refractivity contribution in [1.29, 1.82) is 0 Å². The van der Waals surface area contributed by atoms with Crippen molar-refractivity contribution in [2.45, 2.75) is 30.1 Å². The van der Waals surface area contributed by atoms with Crippen LogP contribution >= 0.6 is 11.8 Å². The number of halogens is 3. The van der Waals surface area contributed by atoms with E-state index in [1.807, 2.05) is 0 Å². The lowest BCUT2D eigenvalue weighted by Gasteiger charge is -2.28. The zero-order valence-corrected chi connectivity index (χ0v) is 15.5. The Morgan fingerprint density at radius 1 is 1.22 bits per heavy atom. The number of ketones is 1. The molecule has 1 aliphatic rings. The molecule has 1 aromatic heterocycles. The summed E-state index contributed by atoms with van der Waals surface area (Å²) in [4.78, 5) is 14.2. The van der Waals surface area contributed by atoms with E-state index in [1.54, 1.807) is 42.2 Å². The van der Waals surface area contributed by atoms with Crippen molar-refractivity contribution >= 4 is 23.5 Å². The van der Waals surface area contributed by atoms with Gasteiger partial charge in [0.1, 0.15) is 6.54 Å². The van der Waals surface area contributed by atoms with Crippen LogP contribution in [-0.2, 0) is 11.3 Å². The maximum atomic E-state index is 13.1. The van der Waals surface area contributed by atoms with E-state index in [-0.39, 0.29) is 16.9 Å². The SMILES string of the molecule is CC(Sc1nnc(N2CCOCC2)n1CC(F)(F)F)C(=O)c1ccccc1. The molecule has 1 saturated heterocycles. The Hall–Kier alpha value is -2.07. The first kappa shape index (κ1) is 19.7. The lowest BCUT2D eigenvalue weighted by Crippen LogP contribution is -2.38. The van der Waals surface area contributed by atoms with Gasteiger partial charge in [-0.3, -0.25) is 9.36 Å². The summed E-state index contributed by atoms with van der Waals surface area (Å²) in [5.41, 5.74) is 0.507. The largest absolute Gasteiger partial charge is 0.406 e. The van der Waals surface area contributed by atoms with Gasteiger partial charge in [-0.2, -0.15) is 13.2 Å². The molecule has 10 heteroatoms. The second-order valence-corrected chi connectivity index (χ2v) is 7.38. The summed E-state index contributed by atoms with van der Waals surface area (Å²) in [5, 5.41) is 7.37. The molecule has 0 aliphatic carbocycles. The normalized spacial score (nSPS) is 16.4. The third kappa shape index (κ3) is 5.01. The first-order valence-corrected chi connectivity index (χ1v) is 9.31. The molecule has 1 aliphatic heterocycles. The van der Waals surface area contributed by atoms with Gasteiger partial charge < -0.3 is 9.64 Å². The molecule has 1 fully saturated rings. The average molecular weight is 400 g/mol. The van der Waals surface area contributed by atoms with Gasteiger partial charge >= 0.3 is 6.18 Å². The van der Waals surface area contributed by atoms with Crippen LogP contribution in [0.25, 0.3) is 0 Å². The highest BCUT2D eigenvalue weighted by atomic mass is 32.2. The fraction of sp³-hybridized carbons (Fsp3) is 0.471. The second-order valence-electron chi connectivity index (χ2n) is 6.07. The van der Waals surface area contributed by atoms with E-state index in [2.05, 4.69) is 10.2 Å². The van der Waals surface area contributed by atoms with Crippen molar-refractivity contribution in [2.24, 2.45) is 0 Å². The summed E-state index contributed by atoms with van der Waals surface area (Å²) in [7, 11) is 0. The topological polar surface area (TPSA) is 60.2 Å². The van der Waals surface area contributed by atoms with E-state index < -0.39 is 18.0 Å². The maximum Gasteiger partial charge on any atom is 0.406 e. The molecule has 1 aromatic carbocycles. The number of morpholine rings is 1. The third-order valence-electron chi connectivity index (χ3n) is 4.04. The van der Waals surface area contributed by atoms with Gasteiger partial charge in [-0.1, -0.05) is 42.1 Å². The van der Waals surface area contributed by atoms with Crippen molar-refractivity contribution in [3.63, 3.8) is 0 Å². The van der Waals surface area contributed by atoms with Crippen molar-refractivity contribution in [1.82, 2.24) is 14.8 Å². The van der Waals surface area contributed by atoms with Gasteiger partial charge in [0.15, 0.2) is 10.9 Å². The number of rotatable bonds is 6. The fourth-order valence-electron chi connectivity index (χ4n) is 2.73. The minimum Gasteiger partial charge on any atom is -0.378 e. The Morgan fingerprint density at radius 3 is 2.52 bits per heavy atom. The number of alkyl halides is 3. The zero-order valence-electron chi connectivity index (χ0n) is 14.6. The van der Waals surface area contributed by atoms with Crippen molar-refractivity contribution in [3.05, 3.63) is 35.9 Å². The highest BCUT2D eigenvalue weighted by Gasteiger charge is 2.33. The number of hydrogen-bond acceptors (Lipinski definition) is 6. The Morgan fingerprint density at radius 2 is 1.89 bits per heavy atom. The summed E-state index contributed by atoms with van der Waals surface area (Å²) in [6.45, 7) is 2.18. The summed E-state index contributed by atoms with van der Waals surface area (Å²) >= 11 is 0.981. The van der Waals surface area contributed by atoms with Crippen LogP contribution < -0.4 is 4.90 Å². The van der Waals surface area contributed by atoms with Crippen LogP contribution in [0.1, 0.15) is 17.3 Å². The van der Waals surface area contributed by atoms with Crippen molar-refractivity contribution < 1.29 is 22.7 Å². The quantitative estimate of drug-likeness (QED) is 0.549.